The van der Waals surface area contributed by atoms with Crippen molar-refractivity contribution in [3.05, 3.63) is 35.4 Å². The molecule has 1 fully saturated rings. The first kappa shape index (κ1) is 15.9. The molecule has 114 valence electrons. The number of carbonyl (C=O) groups excluding carboxylic acids is 1. The number of hydrogen-bond donors (Lipinski definition) is 2. The van der Waals surface area contributed by atoms with Crippen LogP contribution in [0.15, 0.2) is 24.3 Å². The third-order valence-corrected chi connectivity index (χ3v) is 3.92. The van der Waals surface area contributed by atoms with E-state index in [-0.39, 0.29) is 5.91 Å². The van der Waals surface area contributed by atoms with Crippen molar-refractivity contribution in [1.29, 1.82) is 0 Å². The Bertz CT molecular complexity index is 482. The van der Waals surface area contributed by atoms with Gasteiger partial charge in [-0.25, -0.2) is 0 Å². The molecule has 0 aromatic heterocycles. The van der Waals surface area contributed by atoms with Crippen molar-refractivity contribution in [1.82, 2.24) is 5.32 Å². The predicted molar refractivity (Wildman–Crippen MR) is 87.3 cm³/mol. The van der Waals surface area contributed by atoms with Gasteiger partial charge in [0.1, 0.15) is 4.99 Å². The predicted octanol–water partition coefficient (Wildman–Crippen LogP) is 1.94. The van der Waals surface area contributed by atoms with E-state index in [9.17, 15) is 4.79 Å². The van der Waals surface area contributed by atoms with Gasteiger partial charge >= 0.3 is 0 Å². The number of carbonyl (C=O) groups is 1. The molecule has 1 amide bonds. The van der Waals surface area contributed by atoms with Crippen LogP contribution in [0.25, 0.3) is 0 Å². The Labute approximate surface area is 131 Å². The average molecular weight is 306 g/mol. The van der Waals surface area contributed by atoms with Crippen LogP contribution >= 0.6 is 12.2 Å². The molecule has 0 saturated heterocycles. The molecule has 1 aromatic rings. The highest BCUT2D eigenvalue weighted by Gasteiger charge is 2.14. The lowest BCUT2D eigenvalue weighted by Gasteiger charge is -2.11. The largest absolute Gasteiger partial charge is 0.389 e. The smallest absolute Gasteiger partial charge is 0.224 e. The van der Waals surface area contributed by atoms with Gasteiger partial charge in [-0.15, -0.1) is 0 Å². The van der Waals surface area contributed by atoms with Gasteiger partial charge in [-0.05, 0) is 18.4 Å². The van der Waals surface area contributed by atoms with Gasteiger partial charge < -0.3 is 15.8 Å². The summed E-state index contributed by atoms with van der Waals surface area (Å²) >= 11 is 4.89. The zero-order valence-corrected chi connectivity index (χ0v) is 13.0. The number of benzene rings is 1. The molecule has 0 atom stereocenters. The summed E-state index contributed by atoms with van der Waals surface area (Å²) in [6.07, 6.45) is 5.60. The van der Waals surface area contributed by atoms with Crippen molar-refractivity contribution in [3.63, 3.8) is 0 Å². The Morgan fingerprint density at radius 1 is 1.29 bits per heavy atom. The molecule has 0 aliphatic heterocycles. The molecule has 0 radical (unpaired) electrons. The van der Waals surface area contributed by atoms with Crippen molar-refractivity contribution in [3.8, 4) is 0 Å². The van der Waals surface area contributed by atoms with Crippen LogP contribution in [0.5, 0.6) is 0 Å². The van der Waals surface area contributed by atoms with E-state index in [0.29, 0.717) is 30.7 Å². The summed E-state index contributed by atoms with van der Waals surface area (Å²) in [6, 6.07) is 7.44. The lowest BCUT2D eigenvalue weighted by Crippen LogP contribution is -2.29. The lowest BCUT2D eigenvalue weighted by atomic mass is 10.1. The fourth-order valence-electron chi connectivity index (χ4n) is 2.51. The van der Waals surface area contributed by atoms with Gasteiger partial charge in [0, 0.05) is 12.1 Å². The number of thiocarbonyl (C=S) groups is 1. The quantitative estimate of drug-likeness (QED) is 0.597. The van der Waals surface area contributed by atoms with Gasteiger partial charge in [-0.1, -0.05) is 49.3 Å². The number of nitrogens with one attached hydrogen (secondary N) is 1. The van der Waals surface area contributed by atoms with Crippen LogP contribution in [0.3, 0.4) is 0 Å². The zero-order valence-electron chi connectivity index (χ0n) is 12.1. The Balaban J connectivity index is 1.65. The van der Waals surface area contributed by atoms with Crippen molar-refractivity contribution in [2.75, 3.05) is 13.2 Å². The summed E-state index contributed by atoms with van der Waals surface area (Å²) in [5.74, 6) is 0.00750. The van der Waals surface area contributed by atoms with E-state index in [0.717, 1.165) is 24.0 Å². The molecule has 0 spiro atoms. The van der Waals surface area contributed by atoms with E-state index in [4.69, 9.17) is 22.7 Å². The summed E-state index contributed by atoms with van der Waals surface area (Å²) in [7, 11) is 0. The molecule has 21 heavy (non-hydrogen) atoms. The van der Waals surface area contributed by atoms with Crippen LogP contribution in [-0.4, -0.2) is 30.2 Å². The van der Waals surface area contributed by atoms with Crippen LogP contribution in [0.2, 0.25) is 0 Å². The van der Waals surface area contributed by atoms with Crippen LogP contribution in [-0.2, 0) is 16.0 Å². The van der Waals surface area contributed by atoms with Crippen molar-refractivity contribution >= 4 is 23.1 Å². The third kappa shape index (κ3) is 5.44. The van der Waals surface area contributed by atoms with Gasteiger partial charge in [-0.2, -0.15) is 0 Å². The molecule has 4 nitrogen and oxygen atoms in total. The van der Waals surface area contributed by atoms with E-state index in [1.54, 1.807) is 0 Å². The molecule has 1 aliphatic rings. The van der Waals surface area contributed by atoms with Crippen molar-refractivity contribution in [2.24, 2.45) is 5.73 Å². The zero-order chi connectivity index (χ0) is 15.1. The molecule has 2 rings (SSSR count). The second-order valence-corrected chi connectivity index (χ2v) is 5.80. The third-order valence-electron chi connectivity index (χ3n) is 3.68. The minimum Gasteiger partial charge on any atom is -0.389 e. The maximum Gasteiger partial charge on any atom is 0.224 e. The normalized spacial score (nSPS) is 15.0. The summed E-state index contributed by atoms with van der Waals surface area (Å²) in [5.41, 5.74) is 7.30. The molecular weight excluding hydrogens is 284 g/mol. The number of nitrogens with two attached hydrogens (primary N) is 1. The summed E-state index contributed by atoms with van der Waals surface area (Å²) in [5, 5.41) is 2.88. The van der Waals surface area contributed by atoms with Crippen LogP contribution in [0.1, 0.15) is 36.8 Å². The molecule has 1 aliphatic carbocycles. The molecule has 0 unspecified atom stereocenters. The summed E-state index contributed by atoms with van der Waals surface area (Å²) in [6.45, 7) is 1.16. The van der Waals surface area contributed by atoms with E-state index in [2.05, 4.69) is 5.32 Å². The molecule has 5 heteroatoms. The number of hydrogen-bond acceptors (Lipinski definition) is 3. The fraction of sp³-hybridized carbons (Fsp3) is 0.500. The second-order valence-electron chi connectivity index (χ2n) is 5.37. The molecule has 3 N–H and O–H groups in total. The Morgan fingerprint density at radius 2 is 1.95 bits per heavy atom. The number of ether oxygens (including phenoxy) is 1. The van der Waals surface area contributed by atoms with E-state index < -0.39 is 0 Å². The molecule has 1 saturated carbocycles. The topological polar surface area (TPSA) is 64.4 Å². The van der Waals surface area contributed by atoms with Gasteiger partial charge in [0.25, 0.3) is 0 Å². The molecule has 0 bridgehead atoms. The van der Waals surface area contributed by atoms with Crippen LogP contribution < -0.4 is 11.1 Å². The van der Waals surface area contributed by atoms with Crippen molar-refractivity contribution < 1.29 is 9.53 Å². The monoisotopic (exact) mass is 306 g/mol. The highest BCUT2D eigenvalue weighted by atomic mass is 32.1. The van der Waals surface area contributed by atoms with Gasteiger partial charge in [-0.3, -0.25) is 4.79 Å². The van der Waals surface area contributed by atoms with Gasteiger partial charge in [0.05, 0.1) is 19.1 Å². The minimum absolute atomic E-state index is 0.00750. The second kappa shape index (κ2) is 8.10. The first-order chi connectivity index (χ1) is 10.1. The molecule has 0 heterocycles. The summed E-state index contributed by atoms with van der Waals surface area (Å²) < 4.78 is 5.70. The van der Waals surface area contributed by atoms with E-state index in [1.807, 2.05) is 24.3 Å². The van der Waals surface area contributed by atoms with Crippen LogP contribution in [0, 0.1) is 0 Å². The Morgan fingerprint density at radius 3 is 2.57 bits per heavy atom. The SMILES string of the molecule is NC(=S)c1ccc(CC(=O)NCCOC2CCCC2)cc1. The highest BCUT2D eigenvalue weighted by molar-refractivity contribution is 7.80. The van der Waals surface area contributed by atoms with E-state index >= 15 is 0 Å². The van der Waals surface area contributed by atoms with Gasteiger partial charge in [0.15, 0.2) is 0 Å². The first-order valence-corrected chi connectivity index (χ1v) is 7.83. The average Bonchev–Trinajstić information content (AvgIpc) is 2.97. The van der Waals surface area contributed by atoms with Crippen molar-refractivity contribution in [2.45, 2.75) is 38.2 Å². The summed E-state index contributed by atoms with van der Waals surface area (Å²) in [4.78, 5) is 12.2. The molecule has 1 aromatic carbocycles. The lowest BCUT2D eigenvalue weighted by molar-refractivity contribution is -0.120. The van der Waals surface area contributed by atoms with Gasteiger partial charge in [0.2, 0.25) is 5.91 Å². The molecular formula is C16H22N2O2S. The van der Waals surface area contributed by atoms with Crippen LogP contribution in [0.4, 0.5) is 0 Å². The Hall–Kier alpha value is -1.46. The van der Waals surface area contributed by atoms with E-state index in [1.165, 1.54) is 12.8 Å². The number of rotatable bonds is 7. The maximum atomic E-state index is 11.8. The minimum atomic E-state index is 0.00750. The highest BCUT2D eigenvalue weighted by Crippen LogP contribution is 2.20. The first-order valence-electron chi connectivity index (χ1n) is 7.42. The number of amides is 1. The Kier molecular flexibility index (Phi) is 6.14. The standard InChI is InChI=1S/C16H22N2O2S/c17-16(21)13-7-5-12(6-8-13)11-15(19)18-9-10-20-14-3-1-2-4-14/h5-8,14H,1-4,9-11H2,(H2,17,21)(H,18,19). The maximum absolute atomic E-state index is 11.8. The fourth-order valence-corrected chi connectivity index (χ4v) is 2.64.